The highest BCUT2D eigenvalue weighted by Crippen LogP contribution is 2.25. The van der Waals surface area contributed by atoms with E-state index < -0.39 is 0 Å². The molecule has 0 amide bonds. The van der Waals surface area contributed by atoms with Crippen LogP contribution in [-0.4, -0.2) is 7.05 Å². The number of nitrogens with one attached hydrogen (secondary N) is 1. The first-order valence-corrected chi connectivity index (χ1v) is 6.08. The lowest BCUT2D eigenvalue weighted by Gasteiger charge is -2.20. The molecule has 1 nitrogen and oxygen atoms in total. The zero-order valence-electron chi connectivity index (χ0n) is 10.1. The molecule has 0 aliphatic heterocycles. The van der Waals surface area contributed by atoms with Gasteiger partial charge in [0.05, 0.1) is 5.02 Å². The Kier molecular flexibility index (Phi) is 5.23. The van der Waals surface area contributed by atoms with E-state index in [9.17, 15) is 4.39 Å². The first-order chi connectivity index (χ1) is 7.58. The van der Waals surface area contributed by atoms with Crippen molar-refractivity contribution in [1.29, 1.82) is 0 Å². The highest BCUT2D eigenvalue weighted by molar-refractivity contribution is 6.30. The van der Waals surface area contributed by atoms with Gasteiger partial charge in [0.2, 0.25) is 0 Å². The molecular weight excluding hydrogens is 225 g/mol. The summed E-state index contributed by atoms with van der Waals surface area (Å²) in [7, 11) is 1.90. The Morgan fingerprint density at radius 2 is 2.12 bits per heavy atom. The lowest BCUT2D eigenvalue weighted by Crippen LogP contribution is -2.19. The average Bonchev–Trinajstić information content (AvgIpc) is 2.29. The molecule has 0 bridgehead atoms. The summed E-state index contributed by atoms with van der Waals surface area (Å²) in [4.78, 5) is 0. The van der Waals surface area contributed by atoms with E-state index in [1.165, 1.54) is 6.07 Å². The zero-order chi connectivity index (χ0) is 12.1. The van der Waals surface area contributed by atoms with Crippen LogP contribution in [0.25, 0.3) is 0 Å². The van der Waals surface area contributed by atoms with Crippen LogP contribution in [0.5, 0.6) is 0 Å². The predicted octanol–water partition coefficient (Wildman–Crippen LogP) is 4.18. The summed E-state index contributed by atoms with van der Waals surface area (Å²) in [6, 6.07) is 5.22. The van der Waals surface area contributed by atoms with Gasteiger partial charge in [-0.1, -0.05) is 37.9 Å². The van der Waals surface area contributed by atoms with Crippen molar-refractivity contribution in [2.24, 2.45) is 5.92 Å². The Balaban J connectivity index is 2.82. The lowest BCUT2D eigenvalue weighted by atomic mass is 9.94. The Hall–Kier alpha value is -0.600. The largest absolute Gasteiger partial charge is 0.313 e. The van der Waals surface area contributed by atoms with Gasteiger partial charge in [0.25, 0.3) is 0 Å². The molecule has 16 heavy (non-hydrogen) atoms. The quantitative estimate of drug-likeness (QED) is 0.818. The smallest absolute Gasteiger partial charge is 0.142 e. The minimum Gasteiger partial charge on any atom is -0.313 e. The molecule has 3 heteroatoms. The van der Waals surface area contributed by atoms with Crippen molar-refractivity contribution in [3.63, 3.8) is 0 Å². The van der Waals surface area contributed by atoms with Crippen LogP contribution in [0, 0.1) is 11.7 Å². The van der Waals surface area contributed by atoms with Crippen molar-refractivity contribution >= 4 is 11.6 Å². The Bertz CT molecular complexity index is 341. The molecule has 0 aromatic heterocycles. The minimum absolute atomic E-state index is 0.183. The van der Waals surface area contributed by atoms with Gasteiger partial charge in [-0.15, -0.1) is 0 Å². The zero-order valence-corrected chi connectivity index (χ0v) is 10.8. The molecule has 2 unspecified atom stereocenters. The molecule has 1 aromatic rings. The molecule has 1 N–H and O–H groups in total. The first kappa shape index (κ1) is 13.5. The second-order valence-corrected chi connectivity index (χ2v) is 4.67. The van der Waals surface area contributed by atoms with E-state index in [4.69, 9.17) is 11.6 Å². The molecule has 0 fully saturated rings. The summed E-state index contributed by atoms with van der Waals surface area (Å²) in [5.74, 6) is 0.278. The second kappa shape index (κ2) is 6.21. The summed E-state index contributed by atoms with van der Waals surface area (Å²) in [5.41, 5.74) is 0.963. The van der Waals surface area contributed by atoms with Gasteiger partial charge in [-0.3, -0.25) is 0 Å². The van der Waals surface area contributed by atoms with E-state index in [1.54, 1.807) is 6.07 Å². The Labute approximate surface area is 102 Å². The molecule has 0 aliphatic carbocycles. The van der Waals surface area contributed by atoms with Gasteiger partial charge in [0.15, 0.2) is 0 Å². The topological polar surface area (TPSA) is 12.0 Å². The summed E-state index contributed by atoms with van der Waals surface area (Å²) in [6.45, 7) is 4.37. The molecule has 0 heterocycles. The number of halogens is 2. The fourth-order valence-electron chi connectivity index (χ4n) is 1.72. The van der Waals surface area contributed by atoms with E-state index in [0.717, 1.165) is 18.4 Å². The number of benzene rings is 1. The molecule has 90 valence electrons. The van der Waals surface area contributed by atoms with Gasteiger partial charge < -0.3 is 5.32 Å². The van der Waals surface area contributed by atoms with Crippen molar-refractivity contribution in [2.75, 3.05) is 7.05 Å². The molecular formula is C13H19ClFN. The fraction of sp³-hybridized carbons (Fsp3) is 0.538. The van der Waals surface area contributed by atoms with E-state index in [2.05, 4.69) is 19.2 Å². The minimum atomic E-state index is -0.344. The Morgan fingerprint density at radius 1 is 1.44 bits per heavy atom. The van der Waals surface area contributed by atoms with E-state index in [1.807, 2.05) is 13.1 Å². The molecule has 0 radical (unpaired) electrons. The molecule has 0 aliphatic rings. The average molecular weight is 244 g/mol. The maximum atomic E-state index is 13.3. The summed E-state index contributed by atoms with van der Waals surface area (Å²) in [6.07, 6.45) is 2.14. The standard InChI is InChI=1S/C13H19ClFN/c1-4-9(2)7-13(16-3)10-5-6-11(14)12(15)8-10/h5-6,8-9,13,16H,4,7H2,1-3H3. The maximum Gasteiger partial charge on any atom is 0.142 e. The van der Waals surface area contributed by atoms with Crippen LogP contribution in [0.1, 0.15) is 38.3 Å². The summed E-state index contributed by atoms with van der Waals surface area (Å²) in [5, 5.41) is 3.40. The Morgan fingerprint density at radius 3 is 2.62 bits per heavy atom. The molecule has 0 saturated heterocycles. The second-order valence-electron chi connectivity index (χ2n) is 4.26. The summed E-state index contributed by atoms with van der Waals surface area (Å²) < 4.78 is 13.3. The van der Waals surface area contributed by atoms with Gasteiger partial charge in [-0.2, -0.15) is 0 Å². The third kappa shape index (κ3) is 3.46. The van der Waals surface area contributed by atoms with Crippen molar-refractivity contribution in [2.45, 2.75) is 32.7 Å². The van der Waals surface area contributed by atoms with Crippen LogP contribution in [0.2, 0.25) is 5.02 Å². The number of hydrogen-bond acceptors (Lipinski definition) is 1. The molecule has 1 aromatic carbocycles. The predicted molar refractivity (Wildman–Crippen MR) is 67.3 cm³/mol. The highest BCUT2D eigenvalue weighted by atomic mass is 35.5. The first-order valence-electron chi connectivity index (χ1n) is 5.70. The third-order valence-electron chi connectivity index (χ3n) is 3.03. The molecule has 0 saturated carbocycles. The SMILES string of the molecule is CCC(C)CC(NC)c1ccc(Cl)c(F)c1. The molecule has 1 rings (SSSR count). The van der Waals surface area contributed by atoms with Gasteiger partial charge in [0.1, 0.15) is 5.82 Å². The van der Waals surface area contributed by atoms with E-state index >= 15 is 0 Å². The van der Waals surface area contributed by atoms with Crippen LogP contribution in [-0.2, 0) is 0 Å². The van der Waals surface area contributed by atoms with Crippen LogP contribution >= 0.6 is 11.6 Å². The maximum absolute atomic E-state index is 13.3. The third-order valence-corrected chi connectivity index (χ3v) is 3.34. The highest BCUT2D eigenvalue weighted by Gasteiger charge is 2.14. The van der Waals surface area contributed by atoms with Gasteiger partial charge >= 0.3 is 0 Å². The number of rotatable bonds is 5. The van der Waals surface area contributed by atoms with Crippen molar-refractivity contribution in [3.05, 3.63) is 34.6 Å². The van der Waals surface area contributed by atoms with Crippen LogP contribution < -0.4 is 5.32 Å². The van der Waals surface area contributed by atoms with Crippen molar-refractivity contribution in [1.82, 2.24) is 5.32 Å². The van der Waals surface area contributed by atoms with Crippen LogP contribution in [0.15, 0.2) is 18.2 Å². The van der Waals surface area contributed by atoms with Gasteiger partial charge in [0, 0.05) is 6.04 Å². The molecule has 2 atom stereocenters. The van der Waals surface area contributed by atoms with E-state index in [0.29, 0.717) is 5.92 Å². The van der Waals surface area contributed by atoms with E-state index in [-0.39, 0.29) is 16.9 Å². The lowest BCUT2D eigenvalue weighted by molar-refractivity contribution is 0.420. The normalized spacial score (nSPS) is 14.8. The monoisotopic (exact) mass is 243 g/mol. The summed E-state index contributed by atoms with van der Waals surface area (Å²) >= 11 is 5.67. The fourth-order valence-corrected chi connectivity index (χ4v) is 1.84. The van der Waals surface area contributed by atoms with Crippen LogP contribution in [0.4, 0.5) is 4.39 Å². The number of hydrogen-bond donors (Lipinski definition) is 1. The van der Waals surface area contributed by atoms with Crippen molar-refractivity contribution in [3.8, 4) is 0 Å². The van der Waals surface area contributed by atoms with Gasteiger partial charge in [-0.05, 0) is 37.1 Å². The van der Waals surface area contributed by atoms with Gasteiger partial charge in [-0.25, -0.2) is 4.39 Å². The molecule has 0 spiro atoms. The van der Waals surface area contributed by atoms with Crippen LogP contribution in [0.3, 0.4) is 0 Å². The van der Waals surface area contributed by atoms with Crippen molar-refractivity contribution < 1.29 is 4.39 Å².